The first-order valence-electron chi connectivity index (χ1n) is 9.87. The predicted octanol–water partition coefficient (Wildman–Crippen LogP) is -3.03. The van der Waals surface area contributed by atoms with Gasteiger partial charge in [-0.3, -0.25) is 24.0 Å². The lowest BCUT2D eigenvalue weighted by Gasteiger charge is -2.25. The first-order valence-corrected chi connectivity index (χ1v) is 10.5. The molecule has 0 radical (unpaired) electrons. The summed E-state index contributed by atoms with van der Waals surface area (Å²) in [6, 6.07) is -4.82. The van der Waals surface area contributed by atoms with Gasteiger partial charge in [-0.1, -0.05) is 13.8 Å². The van der Waals surface area contributed by atoms with Crippen molar-refractivity contribution in [3.63, 3.8) is 0 Å². The fraction of sp³-hybridized carbons (Fsp3) is 0.667. The van der Waals surface area contributed by atoms with E-state index in [1.165, 1.54) is 0 Å². The molecule has 4 unspecified atom stereocenters. The summed E-state index contributed by atoms with van der Waals surface area (Å²) >= 11 is 4.01. The number of thiol groups is 1. The lowest BCUT2D eigenvalue weighted by atomic mass is 10.0. The number of hydrogen-bond acceptors (Lipinski definition) is 8. The molecule has 4 atom stereocenters. The second-order valence-electron chi connectivity index (χ2n) is 7.49. The fourth-order valence-electron chi connectivity index (χ4n) is 2.50. The monoisotopic (exact) mass is 476 g/mol. The molecule has 0 heterocycles. The van der Waals surface area contributed by atoms with Crippen LogP contribution >= 0.6 is 12.6 Å². The summed E-state index contributed by atoms with van der Waals surface area (Å²) in [5.41, 5.74) is 15.8. The van der Waals surface area contributed by atoms with Crippen LogP contribution in [0.3, 0.4) is 0 Å². The first-order chi connectivity index (χ1) is 14.8. The third-order valence-electron chi connectivity index (χ3n) is 4.40. The maximum atomic E-state index is 12.6. The number of carbonyl (C=O) groups excluding carboxylic acids is 5. The Balaban J connectivity index is 5.28. The van der Waals surface area contributed by atoms with Gasteiger partial charge in [0.25, 0.3) is 0 Å². The number of carboxylic acids is 1. The van der Waals surface area contributed by atoms with Gasteiger partial charge in [0, 0.05) is 18.6 Å². The van der Waals surface area contributed by atoms with Gasteiger partial charge in [0.15, 0.2) is 0 Å². The van der Waals surface area contributed by atoms with Crippen molar-refractivity contribution in [2.75, 3.05) is 5.75 Å². The number of nitrogens with one attached hydrogen (secondary N) is 3. The molecular weight excluding hydrogens is 444 g/mol. The average molecular weight is 477 g/mol. The molecule has 0 aromatic heterocycles. The predicted molar refractivity (Wildman–Crippen MR) is 117 cm³/mol. The highest BCUT2D eigenvalue weighted by Gasteiger charge is 2.31. The molecule has 0 aromatic carbocycles. The summed E-state index contributed by atoms with van der Waals surface area (Å²) in [6.07, 6.45) is -0.601. The fourth-order valence-corrected chi connectivity index (χ4v) is 2.75. The molecule has 0 aromatic rings. The molecule has 0 bridgehead atoms. The van der Waals surface area contributed by atoms with Crippen LogP contribution < -0.4 is 33.2 Å². The Morgan fingerprint density at radius 3 is 1.72 bits per heavy atom. The molecule has 0 rings (SSSR count). The maximum absolute atomic E-state index is 12.6. The van der Waals surface area contributed by atoms with Gasteiger partial charge < -0.3 is 38.3 Å². The highest BCUT2D eigenvalue weighted by atomic mass is 32.1. The Kier molecular flexibility index (Phi) is 13.0. The second-order valence-corrected chi connectivity index (χ2v) is 7.86. The molecule has 0 spiro atoms. The summed E-state index contributed by atoms with van der Waals surface area (Å²) < 4.78 is 0. The van der Waals surface area contributed by atoms with Gasteiger partial charge in [-0.25, -0.2) is 4.79 Å². The first kappa shape index (κ1) is 29.1. The molecule has 10 N–H and O–H groups in total. The van der Waals surface area contributed by atoms with Crippen LogP contribution in [0.4, 0.5) is 0 Å². The van der Waals surface area contributed by atoms with Crippen molar-refractivity contribution >= 4 is 48.1 Å². The largest absolute Gasteiger partial charge is 0.480 e. The van der Waals surface area contributed by atoms with Gasteiger partial charge in [-0.15, -0.1) is 0 Å². The number of carboxylic acid groups (broad SMARTS) is 1. The molecule has 14 heteroatoms. The number of carbonyl (C=O) groups is 6. The van der Waals surface area contributed by atoms with Gasteiger partial charge in [-0.05, 0) is 18.8 Å². The Hall–Kier alpha value is -2.87. The lowest BCUT2D eigenvalue weighted by Crippen LogP contribution is -2.58. The number of hydrogen-bond donors (Lipinski definition) is 8. The van der Waals surface area contributed by atoms with Crippen LogP contribution in [-0.2, 0) is 28.8 Å². The molecule has 182 valence electrons. The molecule has 13 nitrogen and oxygen atoms in total. The van der Waals surface area contributed by atoms with Crippen molar-refractivity contribution < 1.29 is 33.9 Å². The molecule has 0 fully saturated rings. The molecule has 0 aliphatic carbocycles. The molecule has 5 amide bonds. The highest BCUT2D eigenvalue weighted by molar-refractivity contribution is 7.80. The van der Waals surface area contributed by atoms with Crippen LogP contribution in [-0.4, -0.2) is 70.5 Å². The van der Waals surface area contributed by atoms with Crippen molar-refractivity contribution in [3.05, 3.63) is 0 Å². The quantitative estimate of drug-likeness (QED) is 0.113. The van der Waals surface area contributed by atoms with E-state index in [1.807, 2.05) is 0 Å². The van der Waals surface area contributed by atoms with Gasteiger partial charge in [0.2, 0.25) is 29.5 Å². The Bertz CT molecular complexity index is 718. The van der Waals surface area contributed by atoms with E-state index in [9.17, 15) is 33.9 Å². The van der Waals surface area contributed by atoms with Crippen molar-refractivity contribution in [2.24, 2.45) is 23.1 Å². The van der Waals surface area contributed by atoms with E-state index in [0.717, 1.165) is 0 Å². The minimum atomic E-state index is -1.29. The van der Waals surface area contributed by atoms with Crippen molar-refractivity contribution in [1.82, 2.24) is 16.0 Å². The zero-order valence-corrected chi connectivity index (χ0v) is 18.9. The topological polar surface area (TPSA) is 237 Å². The van der Waals surface area contributed by atoms with Crippen LogP contribution in [0.5, 0.6) is 0 Å². The normalized spacial score (nSPS) is 14.5. The summed E-state index contributed by atoms with van der Waals surface area (Å²) in [5.74, 6) is -5.61. The standard InChI is InChI=1S/C18H32N6O7S/c1-8(2)14(18(30)31)24-16(28)10(4-6-13(21)26)22-17(29)11(7-32)23-15(27)9(19)3-5-12(20)25/h8-11,14,32H,3-7,19H2,1-2H3,(H2,20,25)(H2,21,26)(H,22,29)(H,23,27)(H,24,28)(H,30,31). The van der Waals surface area contributed by atoms with E-state index >= 15 is 0 Å². The number of nitrogens with two attached hydrogens (primary N) is 3. The Morgan fingerprint density at radius 2 is 1.28 bits per heavy atom. The van der Waals surface area contributed by atoms with Crippen molar-refractivity contribution in [2.45, 2.75) is 63.7 Å². The van der Waals surface area contributed by atoms with E-state index in [0.29, 0.717) is 0 Å². The third-order valence-corrected chi connectivity index (χ3v) is 4.76. The highest BCUT2D eigenvalue weighted by Crippen LogP contribution is 2.06. The Morgan fingerprint density at radius 1 is 0.812 bits per heavy atom. The zero-order chi connectivity index (χ0) is 25.0. The maximum Gasteiger partial charge on any atom is 0.326 e. The minimum Gasteiger partial charge on any atom is -0.480 e. The molecule has 0 saturated carbocycles. The number of rotatable bonds is 15. The minimum absolute atomic E-state index is 0.0303. The lowest BCUT2D eigenvalue weighted by molar-refractivity contribution is -0.143. The van der Waals surface area contributed by atoms with Gasteiger partial charge in [-0.2, -0.15) is 12.6 Å². The molecule has 0 saturated heterocycles. The van der Waals surface area contributed by atoms with Crippen molar-refractivity contribution in [1.29, 1.82) is 0 Å². The molecule has 32 heavy (non-hydrogen) atoms. The van der Waals surface area contributed by atoms with Crippen LogP contribution in [0.2, 0.25) is 0 Å². The van der Waals surface area contributed by atoms with Crippen LogP contribution in [0.1, 0.15) is 39.5 Å². The van der Waals surface area contributed by atoms with Gasteiger partial charge >= 0.3 is 5.97 Å². The van der Waals surface area contributed by atoms with E-state index in [-0.39, 0.29) is 31.4 Å². The van der Waals surface area contributed by atoms with Crippen LogP contribution in [0, 0.1) is 5.92 Å². The van der Waals surface area contributed by atoms with Crippen molar-refractivity contribution in [3.8, 4) is 0 Å². The average Bonchev–Trinajstić information content (AvgIpc) is 2.69. The van der Waals surface area contributed by atoms with E-state index in [1.54, 1.807) is 13.8 Å². The van der Waals surface area contributed by atoms with Gasteiger partial charge in [0.05, 0.1) is 6.04 Å². The summed E-state index contributed by atoms with van der Waals surface area (Å²) in [6.45, 7) is 3.17. The Labute approximate surface area is 191 Å². The molecular formula is C18H32N6O7S. The molecule has 0 aliphatic rings. The third kappa shape index (κ3) is 10.9. The van der Waals surface area contributed by atoms with Gasteiger partial charge in [0.1, 0.15) is 18.1 Å². The number of primary amides is 2. The van der Waals surface area contributed by atoms with Crippen LogP contribution in [0.25, 0.3) is 0 Å². The molecule has 0 aliphatic heterocycles. The summed E-state index contributed by atoms with van der Waals surface area (Å²) in [4.78, 5) is 70.7. The number of aliphatic carboxylic acids is 1. The zero-order valence-electron chi connectivity index (χ0n) is 18.0. The van der Waals surface area contributed by atoms with E-state index < -0.39 is 65.6 Å². The van der Waals surface area contributed by atoms with Crippen LogP contribution in [0.15, 0.2) is 0 Å². The van der Waals surface area contributed by atoms with E-state index in [4.69, 9.17) is 17.2 Å². The number of amides is 5. The summed E-state index contributed by atoms with van der Waals surface area (Å²) in [5, 5.41) is 16.3. The van der Waals surface area contributed by atoms with E-state index in [2.05, 4.69) is 28.6 Å². The summed E-state index contributed by atoms with van der Waals surface area (Å²) in [7, 11) is 0. The smallest absolute Gasteiger partial charge is 0.326 e. The second kappa shape index (κ2) is 14.2. The SMILES string of the molecule is CC(C)C(NC(=O)C(CCC(N)=O)NC(=O)C(CS)NC(=O)C(N)CCC(N)=O)C(=O)O.